The van der Waals surface area contributed by atoms with Crippen LogP contribution in [-0.2, 0) is 0 Å². The molecular formula is C21H26N2O2. The number of nitrogens with zero attached hydrogens (tertiary/aromatic N) is 2. The third kappa shape index (κ3) is 3.35. The Morgan fingerprint density at radius 2 is 1.84 bits per heavy atom. The molecule has 0 spiro atoms. The highest BCUT2D eigenvalue weighted by molar-refractivity contribution is 5.92. The number of amides is 1. The summed E-state index contributed by atoms with van der Waals surface area (Å²) in [7, 11) is 0. The van der Waals surface area contributed by atoms with Crippen LogP contribution in [0.5, 0.6) is 0 Å². The zero-order valence-corrected chi connectivity index (χ0v) is 14.9. The van der Waals surface area contributed by atoms with E-state index in [0.29, 0.717) is 11.7 Å². The van der Waals surface area contributed by atoms with Gasteiger partial charge in [-0.25, -0.2) is 0 Å². The van der Waals surface area contributed by atoms with E-state index in [4.69, 9.17) is 4.52 Å². The van der Waals surface area contributed by atoms with E-state index in [1.807, 2.05) is 11.0 Å². The molecule has 132 valence electrons. The molecule has 4 rings (SSSR count). The molecule has 0 unspecified atom stereocenters. The molecule has 2 heterocycles. The lowest BCUT2D eigenvalue weighted by Crippen LogP contribution is -2.30. The molecule has 4 heteroatoms. The highest BCUT2D eigenvalue weighted by Gasteiger charge is 2.33. The van der Waals surface area contributed by atoms with E-state index in [1.165, 1.54) is 30.4 Å². The van der Waals surface area contributed by atoms with Gasteiger partial charge in [0.05, 0.1) is 11.7 Å². The smallest absolute Gasteiger partial charge is 0.292 e. The summed E-state index contributed by atoms with van der Waals surface area (Å²) in [4.78, 5) is 14.9. The molecule has 0 radical (unpaired) electrons. The van der Waals surface area contributed by atoms with Gasteiger partial charge in [-0.05, 0) is 38.2 Å². The highest BCUT2D eigenvalue weighted by atomic mass is 16.5. The highest BCUT2D eigenvalue weighted by Crippen LogP contribution is 2.35. The molecule has 1 aliphatic heterocycles. The standard InChI is InChI=1S/C21H26N2O2/c1-15-9-11-17(12-10-15)19-8-5-13-23(19)21(24)20-14-18(22-25-20)16-6-3-2-4-7-16/h9-12,14,16,19H,2-8,13H2,1H3/t19-/m0/s1. The van der Waals surface area contributed by atoms with Gasteiger partial charge < -0.3 is 9.42 Å². The second kappa shape index (κ2) is 7.03. The summed E-state index contributed by atoms with van der Waals surface area (Å²) >= 11 is 0. The Balaban J connectivity index is 1.51. The van der Waals surface area contributed by atoms with Crippen LogP contribution >= 0.6 is 0 Å². The number of hydrogen-bond donors (Lipinski definition) is 0. The number of aryl methyl sites for hydroxylation is 1. The van der Waals surface area contributed by atoms with Crippen LogP contribution in [0.1, 0.15) is 84.3 Å². The summed E-state index contributed by atoms with van der Waals surface area (Å²) in [5, 5.41) is 4.22. The van der Waals surface area contributed by atoms with Gasteiger partial charge in [0.15, 0.2) is 0 Å². The van der Waals surface area contributed by atoms with Crippen LogP contribution in [0.2, 0.25) is 0 Å². The van der Waals surface area contributed by atoms with Gasteiger partial charge in [-0.15, -0.1) is 0 Å². The number of likely N-dealkylation sites (tertiary alicyclic amines) is 1. The lowest BCUT2D eigenvalue weighted by Gasteiger charge is -2.24. The summed E-state index contributed by atoms with van der Waals surface area (Å²) in [6.07, 6.45) is 8.19. The maximum atomic E-state index is 13.0. The number of benzene rings is 1. The summed E-state index contributed by atoms with van der Waals surface area (Å²) in [6.45, 7) is 2.87. The van der Waals surface area contributed by atoms with Gasteiger partial charge in [-0.1, -0.05) is 54.2 Å². The normalized spacial score (nSPS) is 21.6. The fourth-order valence-corrected chi connectivity index (χ4v) is 4.27. The van der Waals surface area contributed by atoms with Gasteiger partial charge >= 0.3 is 0 Å². The predicted octanol–water partition coefficient (Wildman–Crippen LogP) is 5.01. The van der Waals surface area contributed by atoms with E-state index in [-0.39, 0.29) is 11.9 Å². The Labute approximate surface area is 149 Å². The first-order valence-corrected chi connectivity index (χ1v) is 9.56. The second-order valence-electron chi connectivity index (χ2n) is 7.52. The number of carbonyl (C=O) groups is 1. The SMILES string of the molecule is Cc1ccc([C@@H]2CCCN2C(=O)c2cc(C3CCCCC3)no2)cc1. The molecule has 0 bridgehead atoms. The summed E-state index contributed by atoms with van der Waals surface area (Å²) in [5.74, 6) is 0.850. The maximum absolute atomic E-state index is 13.0. The largest absolute Gasteiger partial charge is 0.351 e. The number of carbonyl (C=O) groups excluding carboxylic acids is 1. The molecule has 1 atom stereocenters. The van der Waals surface area contributed by atoms with Gasteiger partial charge in [0.2, 0.25) is 5.76 Å². The monoisotopic (exact) mass is 338 g/mol. The van der Waals surface area contributed by atoms with Crippen LogP contribution in [0.4, 0.5) is 0 Å². The van der Waals surface area contributed by atoms with Crippen molar-refractivity contribution in [2.45, 2.75) is 63.8 Å². The fraction of sp³-hybridized carbons (Fsp3) is 0.524. The van der Waals surface area contributed by atoms with Gasteiger partial charge in [0.1, 0.15) is 0 Å². The van der Waals surface area contributed by atoms with Crippen LogP contribution in [0.15, 0.2) is 34.9 Å². The molecule has 2 aliphatic rings. The van der Waals surface area contributed by atoms with Crippen LogP contribution in [-0.4, -0.2) is 22.5 Å². The topological polar surface area (TPSA) is 46.3 Å². The minimum absolute atomic E-state index is 0.0161. The Bertz CT molecular complexity index is 729. The minimum atomic E-state index is -0.0161. The van der Waals surface area contributed by atoms with E-state index in [0.717, 1.165) is 37.9 Å². The Morgan fingerprint density at radius 1 is 1.08 bits per heavy atom. The van der Waals surface area contributed by atoms with Crippen molar-refractivity contribution in [3.8, 4) is 0 Å². The maximum Gasteiger partial charge on any atom is 0.292 e. The quantitative estimate of drug-likeness (QED) is 0.790. The zero-order chi connectivity index (χ0) is 17.2. The molecule has 1 aromatic heterocycles. The first kappa shape index (κ1) is 16.4. The minimum Gasteiger partial charge on any atom is -0.351 e. The van der Waals surface area contributed by atoms with Crippen molar-refractivity contribution in [2.24, 2.45) is 0 Å². The molecule has 0 N–H and O–H groups in total. The van der Waals surface area contributed by atoms with Crippen molar-refractivity contribution < 1.29 is 9.32 Å². The first-order chi connectivity index (χ1) is 12.2. The summed E-state index contributed by atoms with van der Waals surface area (Å²) in [5.41, 5.74) is 3.42. The van der Waals surface area contributed by atoms with Crippen molar-refractivity contribution in [2.75, 3.05) is 6.54 Å². The Morgan fingerprint density at radius 3 is 2.60 bits per heavy atom. The molecule has 1 aliphatic carbocycles. The third-order valence-electron chi connectivity index (χ3n) is 5.74. The average molecular weight is 338 g/mol. The van der Waals surface area contributed by atoms with E-state index in [9.17, 15) is 4.79 Å². The van der Waals surface area contributed by atoms with E-state index in [1.54, 1.807) is 0 Å². The molecular weight excluding hydrogens is 312 g/mol. The summed E-state index contributed by atoms with van der Waals surface area (Å²) < 4.78 is 5.45. The van der Waals surface area contributed by atoms with E-state index < -0.39 is 0 Å². The third-order valence-corrected chi connectivity index (χ3v) is 5.74. The van der Waals surface area contributed by atoms with Crippen molar-refractivity contribution in [1.82, 2.24) is 10.1 Å². The molecule has 25 heavy (non-hydrogen) atoms. The van der Waals surface area contributed by atoms with Gasteiger partial charge in [-0.3, -0.25) is 4.79 Å². The van der Waals surface area contributed by atoms with Crippen LogP contribution in [0.3, 0.4) is 0 Å². The van der Waals surface area contributed by atoms with E-state index in [2.05, 4.69) is 36.3 Å². The van der Waals surface area contributed by atoms with Crippen molar-refractivity contribution >= 4 is 5.91 Å². The van der Waals surface area contributed by atoms with Crippen LogP contribution in [0, 0.1) is 6.92 Å². The number of aromatic nitrogens is 1. The number of hydrogen-bond acceptors (Lipinski definition) is 3. The molecule has 1 saturated carbocycles. The Kier molecular flexibility index (Phi) is 4.60. The van der Waals surface area contributed by atoms with Crippen LogP contribution < -0.4 is 0 Å². The molecule has 2 aromatic rings. The molecule has 4 nitrogen and oxygen atoms in total. The molecule has 1 saturated heterocycles. The predicted molar refractivity (Wildman–Crippen MR) is 96.5 cm³/mol. The van der Waals surface area contributed by atoms with Crippen molar-refractivity contribution in [3.05, 3.63) is 52.9 Å². The first-order valence-electron chi connectivity index (χ1n) is 9.56. The number of rotatable bonds is 3. The van der Waals surface area contributed by atoms with Gasteiger partial charge in [0.25, 0.3) is 5.91 Å². The van der Waals surface area contributed by atoms with E-state index >= 15 is 0 Å². The van der Waals surface area contributed by atoms with Crippen molar-refractivity contribution in [3.63, 3.8) is 0 Å². The molecule has 1 aromatic carbocycles. The summed E-state index contributed by atoms with van der Waals surface area (Å²) in [6, 6.07) is 10.6. The second-order valence-corrected chi connectivity index (χ2v) is 7.52. The fourth-order valence-electron chi connectivity index (χ4n) is 4.27. The lowest BCUT2D eigenvalue weighted by molar-refractivity contribution is 0.0693. The average Bonchev–Trinajstić information content (AvgIpc) is 3.32. The molecule has 2 fully saturated rings. The zero-order valence-electron chi connectivity index (χ0n) is 14.9. The van der Waals surface area contributed by atoms with Gasteiger partial charge in [0, 0.05) is 18.5 Å². The Hall–Kier alpha value is -2.10. The van der Waals surface area contributed by atoms with Crippen molar-refractivity contribution in [1.29, 1.82) is 0 Å². The molecule has 1 amide bonds. The van der Waals surface area contributed by atoms with Gasteiger partial charge in [-0.2, -0.15) is 0 Å². The lowest BCUT2D eigenvalue weighted by atomic mass is 9.87. The van der Waals surface area contributed by atoms with Crippen LogP contribution in [0.25, 0.3) is 0 Å².